The zero-order chi connectivity index (χ0) is 11.7. The number of benzene rings is 1. The van der Waals surface area contributed by atoms with E-state index in [2.05, 4.69) is 0 Å². The van der Waals surface area contributed by atoms with E-state index in [0.29, 0.717) is 5.56 Å². The SMILES string of the molecule is Cc1c(C(=O)O)csc1-c1cccc(F)c1. The average Bonchev–Trinajstić information content (AvgIpc) is 2.60. The Kier molecular flexibility index (Phi) is 2.75. The van der Waals surface area contributed by atoms with Crippen LogP contribution in [0, 0.1) is 12.7 Å². The van der Waals surface area contributed by atoms with Crippen molar-refractivity contribution in [3.05, 3.63) is 46.6 Å². The Morgan fingerprint density at radius 3 is 2.75 bits per heavy atom. The number of carboxylic acid groups (broad SMARTS) is 1. The van der Waals surface area contributed by atoms with E-state index in [4.69, 9.17) is 5.11 Å². The number of carboxylic acids is 1. The van der Waals surface area contributed by atoms with Crippen LogP contribution >= 0.6 is 11.3 Å². The molecule has 0 unspecified atom stereocenters. The maximum atomic E-state index is 13.0. The van der Waals surface area contributed by atoms with Crippen LogP contribution in [0.4, 0.5) is 4.39 Å². The molecule has 0 saturated heterocycles. The van der Waals surface area contributed by atoms with Gasteiger partial charge >= 0.3 is 5.97 Å². The molecule has 0 saturated carbocycles. The molecule has 2 rings (SSSR count). The summed E-state index contributed by atoms with van der Waals surface area (Å²) in [5.41, 5.74) is 1.68. The number of rotatable bonds is 2. The van der Waals surface area contributed by atoms with Gasteiger partial charge in [0, 0.05) is 10.3 Å². The van der Waals surface area contributed by atoms with Gasteiger partial charge in [-0.2, -0.15) is 0 Å². The fourth-order valence-electron chi connectivity index (χ4n) is 1.54. The van der Waals surface area contributed by atoms with E-state index in [-0.39, 0.29) is 11.4 Å². The van der Waals surface area contributed by atoms with Crippen LogP contribution in [0.5, 0.6) is 0 Å². The molecule has 0 aliphatic heterocycles. The lowest BCUT2D eigenvalue weighted by atomic mass is 10.1. The third-order valence-electron chi connectivity index (χ3n) is 2.36. The number of hydrogen-bond acceptors (Lipinski definition) is 2. The van der Waals surface area contributed by atoms with Crippen LogP contribution in [-0.2, 0) is 0 Å². The third-order valence-corrected chi connectivity index (χ3v) is 3.49. The third kappa shape index (κ3) is 1.84. The zero-order valence-corrected chi connectivity index (χ0v) is 9.34. The number of hydrogen-bond donors (Lipinski definition) is 1. The Hall–Kier alpha value is -1.68. The lowest BCUT2D eigenvalue weighted by Gasteiger charge is -2.00. The van der Waals surface area contributed by atoms with E-state index in [1.165, 1.54) is 23.5 Å². The van der Waals surface area contributed by atoms with Crippen molar-refractivity contribution in [2.75, 3.05) is 0 Å². The highest BCUT2D eigenvalue weighted by Gasteiger charge is 2.14. The average molecular weight is 236 g/mol. The number of carbonyl (C=O) groups is 1. The molecule has 82 valence electrons. The lowest BCUT2D eigenvalue weighted by molar-refractivity contribution is 0.0697. The van der Waals surface area contributed by atoms with Gasteiger partial charge in [0.1, 0.15) is 5.82 Å². The Morgan fingerprint density at radius 2 is 2.19 bits per heavy atom. The summed E-state index contributed by atoms with van der Waals surface area (Å²) in [7, 11) is 0. The molecule has 0 aliphatic rings. The summed E-state index contributed by atoms with van der Waals surface area (Å²) < 4.78 is 13.0. The van der Waals surface area contributed by atoms with Crippen molar-refractivity contribution in [2.24, 2.45) is 0 Å². The lowest BCUT2D eigenvalue weighted by Crippen LogP contribution is -1.95. The highest BCUT2D eigenvalue weighted by atomic mass is 32.1. The highest BCUT2D eigenvalue weighted by molar-refractivity contribution is 7.14. The maximum Gasteiger partial charge on any atom is 0.336 e. The predicted octanol–water partition coefficient (Wildman–Crippen LogP) is 3.56. The van der Waals surface area contributed by atoms with Crippen LogP contribution in [0.2, 0.25) is 0 Å². The van der Waals surface area contributed by atoms with Crippen LogP contribution in [0.3, 0.4) is 0 Å². The fourth-order valence-corrected chi connectivity index (χ4v) is 2.61. The second-order valence-corrected chi connectivity index (χ2v) is 4.30. The van der Waals surface area contributed by atoms with Crippen molar-refractivity contribution in [1.29, 1.82) is 0 Å². The van der Waals surface area contributed by atoms with Crippen molar-refractivity contribution in [3.63, 3.8) is 0 Å². The van der Waals surface area contributed by atoms with Crippen LogP contribution < -0.4 is 0 Å². The van der Waals surface area contributed by atoms with E-state index in [0.717, 1.165) is 10.4 Å². The Bertz CT molecular complexity index is 546. The second kappa shape index (κ2) is 4.06. The highest BCUT2D eigenvalue weighted by Crippen LogP contribution is 2.32. The van der Waals surface area contributed by atoms with Crippen molar-refractivity contribution < 1.29 is 14.3 Å². The summed E-state index contributed by atoms with van der Waals surface area (Å²) in [6.45, 7) is 1.74. The van der Waals surface area contributed by atoms with Gasteiger partial charge < -0.3 is 5.11 Å². The molecule has 1 aromatic carbocycles. The largest absolute Gasteiger partial charge is 0.478 e. The van der Waals surface area contributed by atoms with Gasteiger partial charge in [-0.1, -0.05) is 12.1 Å². The van der Waals surface area contributed by atoms with Crippen LogP contribution in [-0.4, -0.2) is 11.1 Å². The molecule has 0 atom stereocenters. The van der Waals surface area contributed by atoms with Gasteiger partial charge in [-0.05, 0) is 30.2 Å². The Balaban J connectivity index is 2.53. The number of thiophene rings is 1. The number of aromatic carboxylic acids is 1. The zero-order valence-electron chi connectivity index (χ0n) is 8.53. The molecule has 1 aromatic heterocycles. The maximum absolute atomic E-state index is 13.0. The van der Waals surface area contributed by atoms with Gasteiger partial charge in [0.2, 0.25) is 0 Å². The first-order valence-electron chi connectivity index (χ1n) is 4.67. The van der Waals surface area contributed by atoms with Crippen molar-refractivity contribution >= 4 is 17.3 Å². The topological polar surface area (TPSA) is 37.3 Å². The summed E-state index contributed by atoms with van der Waals surface area (Å²) in [5, 5.41) is 10.5. The van der Waals surface area contributed by atoms with E-state index in [1.54, 1.807) is 24.4 Å². The van der Waals surface area contributed by atoms with E-state index in [9.17, 15) is 9.18 Å². The minimum absolute atomic E-state index is 0.282. The summed E-state index contributed by atoms with van der Waals surface area (Å²) in [6.07, 6.45) is 0. The molecule has 0 amide bonds. The van der Waals surface area contributed by atoms with E-state index >= 15 is 0 Å². The monoisotopic (exact) mass is 236 g/mol. The van der Waals surface area contributed by atoms with Crippen molar-refractivity contribution in [3.8, 4) is 10.4 Å². The number of halogens is 1. The molecule has 0 aliphatic carbocycles. The van der Waals surface area contributed by atoms with E-state index in [1.807, 2.05) is 0 Å². The Labute approximate surface area is 96.0 Å². The molecular weight excluding hydrogens is 227 g/mol. The summed E-state index contributed by atoms with van der Waals surface area (Å²) in [6, 6.07) is 6.16. The standard InChI is InChI=1S/C12H9FO2S/c1-7-10(12(14)15)6-16-11(7)8-3-2-4-9(13)5-8/h2-6H,1H3,(H,14,15). The first-order valence-corrected chi connectivity index (χ1v) is 5.55. The molecular formula is C12H9FO2S. The second-order valence-electron chi connectivity index (χ2n) is 3.42. The van der Waals surface area contributed by atoms with Gasteiger partial charge in [0.05, 0.1) is 5.56 Å². The molecule has 1 heterocycles. The van der Waals surface area contributed by atoms with Crippen LogP contribution in [0.1, 0.15) is 15.9 Å². The fraction of sp³-hybridized carbons (Fsp3) is 0.0833. The normalized spacial score (nSPS) is 10.4. The first kappa shape index (κ1) is 10.8. The van der Waals surface area contributed by atoms with Crippen molar-refractivity contribution in [2.45, 2.75) is 6.92 Å². The predicted molar refractivity (Wildman–Crippen MR) is 61.4 cm³/mol. The Morgan fingerprint density at radius 1 is 1.44 bits per heavy atom. The van der Waals surface area contributed by atoms with Gasteiger partial charge in [-0.3, -0.25) is 0 Å². The molecule has 0 fully saturated rings. The first-order chi connectivity index (χ1) is 7.59. The molecule has 0 radical (unpaired) electrons. The van der Waals surface area contributed by atoms with Gasteiger partial charge in [0.25, 0.3) is 0 Å². The molecule has 0 spiro atoms. The molecule has 1 N–H and O–H groups in total. The summed E-state index contributed by atoms with van der Waals surface area (Å²) in [4.78, 5) is 11.7. The van der Waals surface area contributed by atoms with Gasteiger partial charge in [-0.15, -0.1) is 11.3 Å². The van der Waals surface area contributed by atoms with E-state index < -0.39 is 5.97 Å². The van der Waals surface area contributed by atoms with Crippen LogP contribution in [0.25, 0.3) is 10.4 Å². The molecule has 4 heteroatoms. The molecule has 2 nitrogen and oxygen atoms in total. The summed E-state index contributed by atoms with van der Waals surface area (Å²) >= 11 is 1.32. The summed E-state index contributed by atoms with van der Waals surface area (Å²) in [5.74, 6) is -1.27. The molecule has 16 heavy (non-hydrogen) atoms. The minimum atomic E-state index is -0.948. The van der Waals surface area contributed by atoms with Gasteiger partial charge in [0.15, 0.2) is 0 Å². The van der Waals surface area contributed by atoms with Gasteiger partial charge in [-0.25, -0.2) is 9.18 Å². The minimum Gasteiger partial charge on any atom is -0.478 e. The molecule has 0 bridgehead atoms. The quantitative estimate of drug-likeness (QED) is 0.865. The molecule has 2 aromatic rings. The van der Waals surface area contributed by atoms with Crippen LogP contribution in [0.15, 0.2) is 29.6 Å². The van der Waals surface area contributed by atoms with Crippen molar-refractivity contribution in [1.82, 2.24) is 0 Å². The smallest absolute Gasteiger partial charge is 0.336 e.